The Bertz CT molecular complexity index is 413. The first-order valence-electron chi connectivity index (χ1n) is 7.19. The average molecular weight is 266 g/mol. The SMILES string of the molecule is CCCC(CC(=O)O)n1nnnc1CC1CCCC1. The smallest absolute Gasteiger partial charge is 0.305 e. The van der Waals surface area contributed by atoms with Gasteiger partial charge in [0.1, 0.15) is 0 Å². The summed E-state index contributed by atoms with van der Waals surface area (Å²) in [5.74, 6) is 0.726. The van der Waals surface area contributed by atoms with E-state index in [0.717, 1.165) is 25.1 Å². The predicted octanol–water partition coefficient (Wildman–Crippen LogP) is 2.22. The third kappa shape index (κ3) is 3.75. The van der Waals surface area contributed by atoms with Crippen molar-refractivity contribution in [1.82, 2.24) is 20.2 Å². The van der Waals surface area contributed by atoms with Crippen LogP contribution in [0.2, 0.25) is 0 Å². The molecule has 1 N–H and O–H groups in total. The molecule has 1 unspecified atom stereocenters. The van der Waals surface area contributed by atoms with E-state index in [1.165, 1.54) is 25.7 Å². The van der Waals surface area contributed by atoms with Crippen molar-refractivity contribution in [3.63, 3.8) is 0 Å². The molecule has 6 nitrogen and oxygen atoms in total. The summed E-state index contributed by atoms with van der Waals surface area (Å²) in [6.45, 7) is 2.05. The highest BCUT2D eigenvalue weighted by molar-refractivity contribution is 5.67. The summed E-state index contributed by atoms with van der Waals surface area (Å²) < 4.78 is 1.75. The van der Waals surface area contributed by atoms with Crippen LogP contribution in [0.15, 0.2) is 0 Å². The molecule has 0 bridgehead atoms. The maximum absolute atomic E-state index is 11.0. The minimum Gasteiger partial charge on any atom is -0.481 e. The van der Waals surface area contributed by atoms with Gasteiger partial charge in [0, 0.05) is 6.42 Å². The average Bonchev–Trinajstić information content (AvgIpc) is 3.00. The second-order valence-corrected chi connectivity index (χ2v) is 5.43. The van der Waals surface area contributed by atoms with Gasteiger partial charge in [-0.15, -0.1) is 5.10 Å². The van der Waals surface area contributed by atoms with Crippen LogP contribution in [0.4, 0.5) is 0 Å². The molecule has 1 aliphatic rings. The second-order valence-electron chi connectivity index (χ2n) is 5.43. The van der Waals surface area contributed by atoms with Gasteiger partial charge in [0.2, 0.25) is 0 Å². The Morgan fingerprint density at radius 2 is 2.21 bits per heavy atom. The number of carboxylic acid groups (broad SMARTS) is 1. The summed E-state index contributed by atoms with van der Waals surface area (Å²) >= 11 is 0. The van der Waals surface area contributed by atoms with Gasteiger partial charge in [0.15, 0.2) is 5.82 Å². The third-order valence-electron chi connectivity index (χ3n) is 3.88. The summed E-state index contributed by atoms with van der Waals surface area (Å²) in [5.41, 5.74) is 0. The fraction of sp³-hybridized carbons (Fsp3) is 0.846. The molecule has 1 heterocycles. The number of carboxylic acids is 1. The van der Waals surface area contributed by atoms with E-state index in [1.807, 2.05) is 0 Å². The van der Waals surface area contributed by atoms with Crippen LogP contribution in [0.25, 0.3) is 0 Å². The number of hydrogen-bond donors (Lipinski definition) is 1. The first-order valence-corrected chi connectivity index (χ1v) is 7.19. The van der Waals surface area contributed by atoms with Gasteiger partial charge in [-0.3, -0.25) is 4.79 Å². The number of tetrazole rings is 1. The lowest BCUT2D eigenvalue weighted by Gasteiger charge is -2.16. The van der Waals surface area contributed by atoms with Crippen molar-refractivity contribution in [3.05, 3.63) is 5.82 Å². The summed E-state index contributed by atoms with van der Waals surface area (Å²) in [4.78, 5) is 11.0. The highest BCUT2D eigenvalue weighted by atomic mass is 16.4. The lowest BCUT2D eigenvalue weighted by molar-refractivity contribution is -0.138. The molecule has 1 fully saturated rings. The predicted molar refractivity (Wildman–Crippen MR) is 69.7 cm³/mol. The van der Waals surface area contributed by atoms with Gasteiger partial charge in [0.25, 0.3) is 0 Å². The molecule has 0 aromatic carbocycles. The molecule has 0 amide bonds. The molecule has 106 valence electrons. The van der Waals surface area contributed by atoms with Crippen molar-refractivity contribution in [2.75, 3.05) is 0 Å². The summed E-state index contributed by atoms with van der Waals surface area (Å²) in [5, 5.41) is 20.9. The Balaban J connectivity index is 2.08. The molecule has 0 spiro atoms. The number of carbonyl (C=O) groups is 1. The first kappa shape index (κ1) is 14.0. The van der Waals surface area contributed by atoms with Crippen molar-refractivity contribution >= 4 is 5.97 Å². The Morgan fingerprint density at radius 1 is 1.47 bits per heavy atom. The zero-order chi connectivity index (χ0) is 13.7. The zero-order valence-corrected chi connectivity index (χ0v) is 11.5. The molecule has 1 atom stereocenters. The van der Waals surface area contributed by atoms with Crippen LogP contribution in [-0.2, 0) is 11.2 Å². The Kier molecular flexibility index (Phi) is 4.87. The lowest BCUT2D eigenvalue weighted by Crippen LogP contribution is -2.19. The van der Waals surface area contributed by atoms with Gasteiger partial charge in [0.05, 0.1) is 12.5 Å². The lowest BCUT2D eigenvalue weighted by atomic mass is 10.0. The van der Waals surface area contributed by atoms with Crippen LogP contribution in [0.5, 0.6) is 0 Å². The van der Waals surface area contributed by atoms with Gasteiger partial charge < -0.3 is 5.11 Å². The van der Waals surface area contributed by atoms with Crippen molar-refractivity contribution in [3.8, 4) is 0 Å². The summed E-state index contributed by atoms with van der Waals surface area (Å²) in [7, 11) is 0. The van der Waals surface area contributed by atoms with Gasteiger partial charge >= 0.3 is 5.97 Å². The standard InChI is InChI=1S/C13H22N4O2/c1-2-5-11(9-13(18)19)17-12(14-15-16-17)8-10-6-3-4-7-10/h10-11H,2-9H2,1H3,(H,18,19). The molecule has 0 saturated heterocycles. The van der Waals surface area contributed by atoms with Gasteiger partial charge in [-0.1, -0.05) is 39.0 Å². The molecule has 1 saturated carbocycles. The van der Waals surface area contributed by atoms with E-state index < -0.39 is 5.97 Å². The van der Waals surface area contributed by atoms with Crippen LogP contribution in [-0.4, -0.2) is 31.3 Å². The van der Waals surface area contributed by atoms with Crippen LogP contribution >= 0.6 is 0 Å². The molecule has 1 aromatic rings. The topological polar surface area (TPSA) is 80.9 Å². The number of rotatable bonds is 7. The first-order chi connectivity index (χ1) is 9.20. The van der Waals surface area contributed by atoms with Crippen LogP contribution in [0, 0.1) is 5.92 Å². The number of hydrogen-bond acceptors (Lipinski definition) is 4. The Hall–Kier alpha value is -1.46. The maximum Gasteiger partial charge on any atom is 0.305 e. The largest absolute Gasteiger partial charge is 0.481 e. The van der Waals surface area contributed by atoms with Crippen molar-refractivity contribution in [2.45, 2.75) is 64.3 Å². The molecule has 0 radical (unpaired) electrons. The monoisotopic (exact) mass is 266 g/mol. The highest BCUT2D eigenvalue weighted by Gasteiger charge is 2.23. The van der Waals surface area contributed by atoms with Crippen LogP contribution in [0.3, 0.4) is 0 Å². The normalized spacial score (nSPS) is 17.7. The summed E-state index contributed by atoms with van der Waals surface area (Å²) in [6, 6.07) is -0.117. The van der Waals surface area contributed by atoms with Gasteiger partial charge in [-0.25, -0.2) is 4.68 Å². The Morgan fingerprint density at radius 3 is 2.84 bits per heavy atom. The van der Waals surface area contributed by atoms with Crippen molar-refractivity contribution < 1.29 is 9.90 Å². The van der Waals surface area contributed by atoms with Crippen LogP contribution in [0.1, 0.15) is 63.7 Å². The highest BCUT2D eigenvalue weighted by Crippen LogP contribution is 2.28. The molecule has 1 aromatic heterocycles. The number of aliphatic carboxylic acids is 1. The molecule has 2 rings (SSSR count). The molecule has 19 heavy (non-hydrogen) atoms. The fourth-order valence-corrected chi connectivity index (χ4v) is 2.95. The molecule has 1 aliphatic carbocycles. The minimum atomic E-state index is -0.791. The van der Waals surface area contributed by atoms with Crippen molar-refractivity contribution in [1.29, 1.82) is 0 Å². The third-order valence-corrected chi connectivity index (χ3v) is 3.88. The van der Waals surface area contributed by atoms with E-state index in [2.05, 4.69) is 22.4 Å². The maximum atomic E-state index is 11.0. The molecule has 6 heteroatoms. The number of aromatic nitrogens is 4. The zero-order valence-electron chi connectivity index (χ0n) is 11.5. The van der Waals surface area contributed by atoms with E-state index in [0.29, 0.717) is 5.92 Å². The van der Waals surface area contributed by atoms with E-state index in [4.69, 9.17) is 5.11 Å². The van der Waals surface area contributed by atoms with E-state index in [9.17, 15) is 4.79 Å². The van der Waals surface area contributed by atoms with Gasteiger partial charge in [-0.2, -0.15) is 0 Å². The fourth-order valence-electron chi connectivity index (χ4n) is 2.95. The van der Waals surface area contributed by atoms with E-state index in [-0.39, 0.29) is 12.5 Å². The minimum absolute atomic E-state index is 0.0938. The quantitative estimate of drug-likeness (QED) is 0.818. The molecular weight excluding hydrogens is 244 g/mol. The van der Waals surface area contributed by atoms with E-state index in [1.54, 1.807) is 4.68 Å². The number of nitrogens with zero attached hydrogens (tertiary/aromatic N) is 4. The molecule has 0 aliphatic heterocycles. The molecular formula is C13H22N4O2. The van der Waals surface area contributed by atoms with E-state index >= 15 is 0 Å². The Labute approximate surface area is 113 Å². The van der Waals surface area contributed by atoms with Crippen LogP contribution < -0.4 is 0 Å². The second kappa shape index (κ2) is 6.63. The van der Waals surface area contributed by atoms with Gasteiger partial charge in [-0.05, 0) is 22.8 Å². The van der Waals surface area contributed by atoms with Crippen molar-refractivity contribution in [2.24, 2.45) is 5.92 Å². The summed E-state index contributed by atoms with van der Waals surface area (Å²) in [6.07, 6.45) is 7.77.